The zero-order valence-electron chi connectivity index (χ0n) is 16.8. The first kappa shape index (κ1) is 22.4. The minimum Gasteiger partial charge on any atom is -0.496 e. The van der Waals surface area contributed by atoms with E-state index in [1.165, 1.54) is 6.92 Å². The predicted molar refractivity (Wildman–Crippen MR) is 109 cm³/mol. The number of alkyl halides is 3. The molecule has 0 bridgehead atoms. The Morgan fingerprint density at radius 3 is 2.60 bits per heavy atom. The van der Waals surface area contributed by atoms with Crippen molar-refractivity contribution in [3.63, 3.8) is 0 Å². The average molecular weight is 442 g/mol. The fourth-order valence-corrected chi connectivity index (χ4v) is 3.81. The second-order valence-corrected chi connectivity index (χ2v) is 7.63. The Hall–Kier alpha value is -2.32. The van der Waals surface area contributed by atoms with Crippen molar-refractivity contribution in [2.75, 3.05) is 38.2 Å². The van der Waals surface area contributed by atoms with Crippen LogP contribution in [-0.4, -0.2) is 49.0 Å². The Labute approximate surface area is 178 Å². The average Bonchev–Trinajstić information content (AvgIpc) is 2.92. The standard InChI is InChI=1S/C21H23ClF3N3O2/c1-14(29)15-4-5-19(30-2)16(10-15)13-27-6-3-7-28(9-8-27)20-18(22)11-17(12-26-20)21(23,24)25/h4-5,10-12H,3,6-9,13H2,1-2H3. The van der Waals surface area contributed by atoms with Crippen LogP contribution in [-0.2, 0) is 12.7 Å². The highest BCUT2D eigenvalue weighted by molar-refractivity contribution is 6.33. The molecule has 1 aromatic carbocycles. The second kappa shape index (κ2) is 9.22. The SMILES string of the molecule is COc1ccc(C(C)=O)cc1CN1CCCN(c2ncc(C(F)(F)F)cc2Cl)CC1. The molecular weight excluding hydrogens is 419 g/mol. The van der Waals surface area contributed by atoms with E-state index in [0.717, 1.165) is 30.8 Å². The largest absolute Gasteiger partial charge is 0.496 e. The van der Waals surface area contributed by atoms with Gasteiger partial charge < -0.3 is 9.64 Å². The Balaban J connectivity index is 1.72. The van der Waals surface area contributed by atoms with Crippen LogP contribution in [0, 0.1) is 0 Å². The van der Waals surface area contributed by atoms with Crippen molar-refractivity contribution in [3.8, 4) is 5.75 Å². The predicted octanol–water partition coefficient (Wildman–Crippen LogP) is 4.68. The van der Waals surface area contributed by atoms with Gasteiger partial charge in [-0.2, -0.15) is 13.2 Å². The molecule has 1 aromatic heterocycles. The molecule has 0 radical (unpaired) electrons. The number of ketones is 1. The normalized spacial score (nSPS) is 15.7. The Bertz CT molecular complexity index is 921. The molecule has 30 heavy (non-hydrogen) atoms. The minimum absolute atomic E-state index is 0.00546. The number of aromatic nitrogens is 1. The minimum atomic E-state index is -4.47. The van der Waals surface area contributed by atoms with Crippen molar-refractivity contribution < 1.29 is 22.7 Å². The number of nitrogens with zero attached hydrogens (tertiary/aromatic N) is 3. The fourth-order valence-electron chi connectivity index (χ4n) is 3.52. The lowest BCUT2D eigenvalue weighted by Gasteiger charge is -2.24. The van der Waals surface area contributed by atoms with Crippen LogP contribution in [0.1, 0.15) is 34.8 Å². The lowest BCUT2D eigenvalue weighted by Crippen LogP contribution is -2.31. The summed E-state index contributed by atoms with van der Waals surface area (Å²) in [7, 11) is 1.59. The third-order valence-corrected chi connectivity index (χ3v) is 5.40. The van der Waals surface area contributed by atoms with Crippen LogP contribution in [0.2, 0.25) is 5.02 Å². The smallest absolute Gasteiger partial charge is 0.417 e. The third kappa shape index (κ3) is 5.23. The molecule has 0 N–H and O–H groups in total. The number of hydrogen-bond acceptors (Lipinski definition) is 5. The van der Waals surface area contributed by atoms with Gasteiger partial charge in [0.1, 0.15) is 11.6 Å². The molecule has 3 rings (SSSR count). The molecule has 1 aliphatic rings. The molecular formula is C21H23ClF3N3O2. The van der Waals surface area contributed by atoms with Gasteiger partial charge in [-0.05, 0) is 37.6 Å². The second-order valence-electron chi connectivity index (χ2n) is 7.23. The number of ether oxygens (including phenoxy) is 1. The van der Waals surface area contributed by atoms with Crippen molar-refractivity contribution in [2.45, 2.75) is 26.1 Å². The van der Waals surface area contributed by atoms with Gasteiger partial charge in [0, 0.05) is 50.0 Å². The molecule has 9 heteroatoms. The lowest BCUT2D eigenvalue weighted by molar-refractivity contribution is -0.137. The summed E-state index contributed by atoms with van der Waals surface area (Å²) in [5, 5.41) is -0.00546. The highest BCUT2D eigenvalue weighted by atomic mass is 35.5. The van der Waals surface area contributed by atoms with Crippen LogP contribution in [0.4, 0.5) is 19.0 Å². The van der Waals surface area contributed by atoms with E-state index in [0.29, 0.717) is 43.3 Å². The summed E-state index contributed by atoms with van der Waals surface area (Å²) < 4.78 is 44.0. The number of rotatable bonds is 5. The van der Waals surface area contributed by atoms with Gasteiger partial charge in [0.2, 0.25) is 0 Å². The first-order valence-electron chi connectivity index (χ1n) is 9.57. The summed E-state index contributed by atoms with van der Waals surface area (Å²) in [4.78, 5) is 19.8. The van der Waals surface area contributed by atoms with Crippen LogP contribution >= 0.6 is 11.6 Å². The molecule has 0 spiro atoms. The molecule has 2 heterocycles. The van der Waals surface area contributed by atoms with Crippen molar-refractivity contribution in [1.82, 2.24) is 9.88 Å². The van der Waals surface area contributed by atoms with E-state index in [-0.39, 0.29) is 10.8 Å². The number of benzene rings is 1. The van der Waals surface area contributed by atoms with Crippen LogP contribution in [0.25, 0.3) is 0 Å². The third-order valence-electron chi connectivity index (χ3n) is 5.12. The molecule has 5 nitrogen and oxygen atoms in total. The van der Waals surface area contributed by atoms with Gasteiger partial charge in [0.25, 0.3) is 0 Å². The van der Waals surface area contributed by atoms with E-state index in [4.69, 9.17) is 16.3 Å². The zero-order chi connectivity index (χ0) is 21.9. The summed E-state index contributed by atoms with van der Waals surface area (Å²) in [6.45, 7) is 4.81. The Morgan fingerprint density at radius 2 is 1.97 bits per heavy atom. The van der Waals surface area contributed by atoms with Gasteiger partial charge in [-0.25, -0.2) is 4.98 Å². The van der Waals surface area contributed by atoms with E-state index in [1.807, 2.05) is 11.0 Å². The van der Waals surface area contributed by atoms with Gasteiger partial charge in [0.05, 0.1) is 17.7 Å². The van der Waals surface area contributed by atoms with Crippen molar-refractivity contribution >= 4 is 23.2 Å². The molecule has 162 valence electrons. The maximum atomic E-state index is 12.9. The zero-order valence-corrected chi connectivity index (χ0v) is 17.6. The van der Waals surface area contributed by atoms with E-state index in [2.05, 4.69) is 9.88 Å². The highest BCUT2D eigenvalue weighted by Gasteiger charge is 2.32. The molecule has 1 saturated heterocycles. The maximum Gasteiger partial charge on any atom is 0.417 e. The lowest BCUT2D eigenvalue weighted by atomic mass is 10.1. The molecule has 0 saturated carbocycles. The van der Waals surface area contributed by atoms with E-state index < -0.39 is 11.7 Å². The summed E-state index contributed by atoms with van der Waals surface area (Å²) >= 11 is 6.11. The van der Waals surface area contributed by atoms with Crippen LogP contribution in [0.15, 0.2) is 30.5 Å². The van der Waals surface area contributed by atoms with Crippen LogP contribution in [0.5, 0.6) is 5.75 Å². The van der Waals surface area contributed by atoms with Crippen LogP contribution < -0.4 is 9.64 Å². The molecule has 1 fully saturated rings. The molecule has 0 amide bonds. The number of hydrogen-bond donors (Lipinski definition) is 0. The monoisotopic (exact) mass is 441 g/mol. The number of halogens is 4. The molecule has 1 aliphatic heterocycles. The fraction of sp³-hybridized carbons (Fsp3) is 0.429. The summed E-state index contributed by atoms with van der Waals surface area (Å²) in [6, 6.07) is 6.30. The molecule has 0 atom stereocenters. The van der Waals surface area contributed by atoms with Gasteiger partial charge in [0.15, 0.2) is 5.78 Å². The van der Waals surface area contributed by atoms with Crippen molar-refractivity contribution in [2.24, 2.45) is 0 Å². The van der Waals surface area contributed by atoms with Crippen LogP contribution in [0.3, 0.4) is 0 Å². The van der Waals surface area contributed by atoms with Gasteiger partial charge in [-0.15, -0.1) is 0 Å². The molecule has 0 unspecified atom stereocenters. The number of Topliss-reactive ketones (excluding diaryl/α,β-unsaturated/α-hetero) is 1. The summed E-state index contributed by atoms with van der Waals surface area (Å²) in [5.74, 6) is 1.07. The highest BCUT2D eigenvalue weighted by Crippen LogP contribution is 2.34. The maximum absolute atomic E-state index is 12.9. The Morgan fingerprint density at radius 1 is 1.20 bits per heavy atom. The number of methoxy groups -OCH3 is 1. The van der Waals surface area contributed by atoms with Gasteiger partial charge >= 0.3 is 6.18 Å². The van der Waals surface area contributed by atoms with E-state index in [1.54, 1.807) is 19.2 Å². The topological polar surface area (TPSA) is 45.7 Å². The van der Waals surface area contributed by atoms with E-state index >= 15 is 0 Å². The summed E-state index contributed by atoms with van der Waals surface area (Å²) in [5.41, 5.74) is 0.692. The van der Waals surface area contributed by atoms with Gasteiger partial charge in [-0.3, -0.25) is 9.69 Å². The number of carbonyl (C=O) groups is 1. The number of carbonyl (C=O) groups excluding carboxylic acids is 1. The van der Waals surface area contributed by atoms with Crippen molar-refractivity contribution in [3.05, 3.63) is 52.2 Å². The summed E-state index contributed by atoms with van der Waals surface area (Å²) in [6.07, 6.45) is -2.85. The van der Waals surface area contributed by atoms with E-state index in [9.17, 15) is 18.0 Å². The first-order valence-corrected chi connectivity index (χ1v) is 9.94. The number of anilines is 1. The Kier molecular flexibility index (Phi) is 6.88. The first-order chi connectivity index (χ1) is 14.2. The van der Waals surface area contributed by atoms with Gasteiger partial charge in [-0.1, -0.05) is 11.6 Å². The molecule has 0 aliphatic carbocycles. The number of pyridine rings is 1. The molecule has 2 aromatic rings. The quantitative estimate of drug-likeness (QED) is 0.630. The van der Waals surface area contributed by atoms with Crippen molar-refractivity contribution in [1.29, 1.82) is 0 Å².